The topological polar surface area (TPSA) is 67.4 Å². The molecule has 0 bridgehead atoms. The van der Waals surface area contributed by atoms with Gasteiger partial charge in [0.05, 0.1) is 12.6 Å². The predicted molar refractivity (Wildman–Crippen MR) is 98.7 cm³/mol. The van der Waals surface area contributed by atoms with Crippen LogP contribution in [0.2, 0.25) is 0 Å². The molecule has 0 fully saturated rings. The summed E-state index contributed by atoms with van der Waals surface area (Å²) in [5.41, 5.74) is 3.69. The minimum absolute atomic E-state index is 0.284. The molecule has 0 aliphatic carbocycles. The van der Waals surface area contributed by atoms with E-state index in [2.05, 4.69) is 10.6 Å². The maximum atomic E-state index is 12.1. The molecule has 2 rings (SSSR count). The van der Waals surface area contributed by atoms with Crippen molar-refractivity contribution < 1.29 is 14.3 Å². The van der Waals surface area contributed by atoms with E-state index in [0.29, 0.717) is 12.3 Å². The van der Waals surface area contributed by atoms with Crippen LogP contribution in [0.4, 0.5) is 5.69 Å². The van der Waals surface area contributed by atoms with E-state index in [9.17, 15) is 9.59 Å². The summed E-state index contributed by atoms with van der Waals surface area (Å²) < 4.78 is 5.39. The van der Waals surface area contributed by atoms with Gasteiger partial charge in [-0.1, -0.05) is 18.2 Å². The molecule has 0 heterocycles. The molecular weight excluding hydrogens is 316 g/mol. The largest absolute Gasteiger partial charge is 0.494 e. The van der Waals surface area contributed by atoms with Gasteiger partial charge in [-0.2, -0.15) is 0 Å². The van der Waals surface area contributed by atoms with E-state index < -0.39 is 11.8 Å². The van der Waals surface area contributed by atoms with Crippen LogP contribution in [-0.4, -0.2) is 18.4 Å². The molecule has 0 unspecified atom stereocenters. The third-order valence-electron chi connectivity index (χ3n) is 4.01. The van der Waals surface area contributed by atoms with E-state index in [4.69, 9.17) is 4.74 Å². The zero-order chi connectivity index (χ0) is 18.4. The SMILES string of the molecule is CCOc1ccc([C@@H](C)NC(=O)C(=O)Nc2ccc(C)c(C)c2)cc1. The molecule has 132 valence electrons. The summed E-state index contributed by atoms with van der Waals surface area (Å²) in [6.45, 7) is 8.30. The van der Waals surface area contributed by atoms with E-state index in [-0.39, 0.29) is 6.04 Å². The molecule has 0 aliphatic heterocycles. The zero-order valence-corrected chi connectivity index (χ0v) is 15.1. The molecule has 0 saturated carbocycles. The Morgan fingerprint density at radius 3 is 2.28 bits per heavy atom. The number of benzene rings is 2. The first kappa shape index (κ1) is 18.5. The molecule has 2 amide bonds. The smallest absolute Gasteiger partial charge is 0.313 e. The highest BCUT2D eigenvalue weighted by Gasteiger charge is 2.17. The van der Waals surface area contributed by atoms with Crippen LogP contribution < -0.4 is 15.4 Å². The van der Waals surface area contributed by atoms with E-state index >= 15 is 0 Å². The summed E-state index contributed by atoms with van der Waals surface area (Å²) in [7, 11) is 0. The Hall–Kier alpha value is -2.82. The number of carbonyl (C=O) groups is 2. The van der Waals surface area contributed by atoms with E-state index in [0.717, 1.165) is 22.4 Å². The Morgan fingerprint density at radius 1 is 1.00 bits per heavy atom. The second-order valence-corrected chi connectivity index (χ2v) is 5.95. The van der Waals surface area contributed by atoms with E-state index in [1.807, 2.05) is 64.1 Å². The van der Waals surface area contributed by atoms with Gasteiger partial charge in [-0.25, -0.2) is 0 Å². The summed E-state index contributed by atoms with van der Waals surface area (Å²) in [6.07, 6.45) is 0. The van der Waals surface area contributed by atoms with Crippen molar-refractivity contribution in [2.24, 2.45) is 0 Å². The summed E-state index contributed by atoms with van der Waals surface area (Å²) in [5.74, 6) is -0.571. The van der Waals surface area contributed by atoms with Crippen molar-refractivity contribution in [2.45, 2.75) is 33.7 Å². The van der Waals surface area contributed by atoms with Crippen molar-refractivity contribution in [3.63, 3.8) is 0 Å². The first-order chi connectivity index (χ1) is 11.9. The van der Waals surface area contributed by atoms with E-state index in [1.54, 1.807) is 6.07 Å². The minimum Gasteiger partial charge on any atom is -0.494 e. The van der Waals surface area contributed by atoms with Crippen molar-refractivity contribution in [2.75, 3.05) is 11.9 Å². The van der Waals surface area contributed by atoms with Gasteiger partial charge < -0.3 is 15.4 Å². The highest BCUT2D eigenvalue weighted by atomic mass is 16.5. The summed E-state index contributed by atoms with van der Waals surface area (Å²) in [4.78, 5) is 24.2. The van der Waals surface area contributed by atoms with Gasteiger partial charge in [-0.05, 0) is 68.7 Å². The molecule has 0 saturated heterocycles. The number of hydrogen-bond acceptors (Lipinski definition) is 3. The van der Waals surface area contributed by atoms with Gasteiger partial charge in [0.2, 0.25) is 0 Å². The Labute approximate surface area is 148 Å². The highest BCUT2D eigenvalue weighted by Crippen LogP contribution is 2.18. The lowest BCUT2D eigenvalue weighted by Gasteiger charge is -2.15. The summed E-state index contributed by atoms with van der Waals surface area (Å²) >= 11 is 0. The van der Waals surface area contributed by atoms with Crippen LogP contribution in [0.3, 0.4) is 0 Å². The van der Waals surface area contributed by atoms with Crippen molar-refractivity contribution in [1.29, 1.82) is 0 Å². The number of nitrogens with one attached hydrogen (secondary N) is 2. The molecule has 1 atom stereocenters. The second kappa shape index (κ2) is 8.33. The maximum Gasteiger partial charge on any atom is 0.313 e. The molecule has 2 aromatic carbocycles. The monoisotopic (exact) mass is 340 g/mol. The fraction of sp³-hybridized carbons (Fsp3) is 0.300. The average Bonchev–Trinajstić information content (AvgIpc) is 2.59. The number of ether oxygens (including phenoxy) is 1. The lowest BCUT2D eigenvalue weighted by atomic mass is 10.1. The fourth-order valence-electron chi connectivity index (χ4n) is 2.37. The molecule has 0 spiro atoms. The summed E-state index contributed by atoms with van der Waals surface area (Å²) in [6, 6.07) is 12.7. The third-order valence-corrected chi connectivity index (χ3v) is 4.01. The van der Waals surface area contributed by atoms with Crippen LogP contribution in [0.25, 0.3) is 0 Å². The van der Waals surface area contributed by atoms with Crippen LogP contribution in [0.5, 0.6) is 5.75 Å². The predicted octanol–water partition coefficient (Wildman–Crippen LogP) is 3.52. The van der Waals surface area contributed by atoms with Gasteiger partial charge in [-0.3, -0.25) is 9.59 Å². The molecular formula is C20H24N2O3. The number of hydrogen-bond donors (Lipinski definition) is 2. The van der Waals surface area contributed by atoms with Crippen molar-refractivity contribution in [3.05, 3.63) is 59.2 Å². The van der Waals surface area contributed by atoms with Gasteiger partial charge in [0.25, 0.3) is 0 Å². The molecule has 0 aliphatic rings. The van der Waals surface area contributed by atoms with Crippen molar-refractivity contribution in [1.82, 2.24) is 5.32 Å². The Bertz CT molecular complexity index is 754. The molecule has 0 radical (unpaired) electrons. The zero-order valence-electron chi connectivity index (χ0n) is 15.1. The minimum atomic E-state index is -0.680. The first-order valence-electron chi connectivity index (χ1n) is 8.32. The number of anilines is 1. The normalized spacial score (nSPS) is 11.5. The maximum absolute atomic E-state index is 12.1. The van der Waals surface area contributed by atoms with Crippen molar-refractivity contribution in [3.8, 4) is 5.75 Å². The first-order valence-corrected chi connectivity index (χ1v) is 8.32. The van der Waals surface area contributed by atoms with Crippen LogP contribution >= 0.6 is 0 Å². The number of aryl methyl sites for hydroxylation is 2. The van der Waals surface area contributed by atoms with Gasteiger partial charge in [0.1, 0.15) is 5.75 Å². The standard InChI is InChI=1S/C20H24N2O3/c1-5-25-18-10-7-16(8-11-18)15(4)21-19(23)20(24)22-17-9-6-13(2)14(3)12-17/h6-12,15H,5H2,1-4H3,(H,21,23)(H,22,24)/t15-/m1/s1. The van der Waals surface area contributed by atoms with Gasteiger partial charge in [0.15, 0.2) is 0 Å². The van der Waals surface area contributed by atoms with Crippen molar-refractivity contribution >= 4 is 17.5 Å². The highest BCUT2D eigenvalue weighted by molar-refractivity contribution is 6.39. The lowest BCUT2D eigenvalue weighted by Crippen LogP contribution is -2.36. The van der Waals surface area contributed by atoms with Gasteiger partial charge >= 0.3 is 11.8 Å². The Balaban J connectivity index is 1.95. The molecule has 2 N–H and O–H groups in total. The van der Waals surface area contributed by atoms with Crippen LogP contribution in [0, 0.1) is 13.8 Å². The second-order valence-electron chi connectivity index (χ2n) is 5.95. The Kier molecular flexibility index (Phi) is 6.17. The average molecular weight is 340 g/mol. The van der Waals surface area contributed by atoms with Gasteiger partial charge in [0, 0.05) is 5.69 Å². The Morgan fingerprint density at radius 2 is 1.68 bits per heavy atom. The van der Waals surface area contributed by atoms with Gasteiger partial charge in [-0.15, -0.1) is 0 Å². The molecule has 5 heteroatoms. The van der Waals surface area contributed by atoms with Crippen LogP contribution in [0.1, 0.15) is 36.6 Å². The summed E-state index contributed by atoms with van der Waals surface area (Å²) in [5, 5.41) is 5.32. The third kappa shape index (κ3) is 5.08. The van der Waals surface area contributed by atoms with Crippen LogP contribution in [0.15, 0.2) is 42.5 Å². The molecule has 2 aromatic rings. The molecule has 5 nitrogen and oxygen atoms in total. The molecule has 25 heavy (non-hydrogen) atoms. The van der Waals surface area contributed by atoms with Crippen LogP contribution in [-0.2, 0) is 9.59 Å². The number of amides is 2. The molecule has 0 aromatic heterocycles. The fourth-order valence-corrected chi connectivity index (χ4v) is 2.37. The number of carbonyl (C=O) groups excluding carboxylic acids is 2. The number of rotatable bonds is 5. The van der Waals surface area contributed by atoms with E-state index in [1.165, 1.54) is 0 Å². The lowest BCUT2D eigenvalue weighted by molar-refractivity contribution is -0.136. The quantitative estimate of drug-likeness (QED) is 0.819.